The van der Waals surface area contributed by atoms with Crippen molar-refractivity contribution in [1.82, 2.24) is 10.0 Å². The van der Waals surface area contributed by atoms with Gasteiger partial charge in [-0.1, -0.05) is 0 Å². The van der Waals surface area contributed by atoms with E-state index in [1.807, 2.05) is 0 Å². The summed E-state index contributed by atoms with van der Waals surface area (Å²) in [5.74, 6) is 0.158. The molecule has 1 aliphatic rings. The van der Waals surface area contributed by atoms with Crippen molar-refractivity contribution in [3.05, 3.63) is 0 Å². The number of rotatable bonds is 6. The van der Waals surface area contributed by atoms with Crippen molar-refractivity contribution in [1.29, 1.82) is 0 Å². The minimum atomic E-state index is -3.13. The summed E-state index contributed by atoms with van der Waals surface area (Å²) in [6.45, 7) is 2.38. The van der Waals surface area contributed by atoms with E-state index in [1.165, 1.54) is 0 Å². The van der Waals surface area contributed by atoms with Crippen molar-refractivity contribution in [2.24, 2.45) is 0 Å². The van der Waals surface area contributed by atoms with Gasteiger partial charge in [0.05, 0.1) is 5.75 Å². The van der Waals surface area contributed by atoms with Gasteiger partial charge in [0.25, 0.3) is 0 Å². The number of nitrogens with one attached hydrogen (secondary N) is 2. The van der Waals surface area contributed by atoms with Crippen LogP contribution in [-0.4, -0.2) is 47.0 Å². The van der Waals surface area contributed by atoms with Crippen molar-refractivity contribution in [2.75, 3.05) is 32.6 Å². The van der Waals surface area contributed by atoms with Crippen LogP contribution in [-0.2, 0) is 14.8 Å². The Balaban J connectivity index is 2.32. The Kier molecular flexibility index (Phi) is 6.26. The third kappa shape index (κ3) is 5.79. The van der Waals surface area contributed by atoms with Gasteiger partial charge in [0.1, 0.15) is 0 Å². The predicted molar refractivity (Wildman–Crippen MR) is 63.9 cm³/mol. The third-order valence-electron chi connectivity index (χ3n) is 2.68. The van der Waals surface area contributed by atoms with Crippen LogP contribution in [0.25, 0.3) is 0 Å². The molecular formula is C10H22N2O3S. The molecule has 6 heteroatoms. The van der Waals surface area contributed by atoms with E-state index in [0.717, 1.165) is 32.4 Å². The highest BCUT2D eigenvalue weighted by Crippen LogP contribution is 2.06. The summed E-state index contributed by atoms with van der Waals surface area (Å²) in [6.07, 6.45) is 3.39. The van der Waals surface area contributed by atoms with Gasteiger partial charge in [-0.05, 0) is 38.8 Å². The summed E-state index contributed by atoms with van der Waals surface area (Å²) in [5.41, 5.74) is 0. The van der Waals surface area contributed by atoms with Crippen LogP contribution in [0.1, 0.15) is 25.7 Å². The maximum atomic E-state index is 11.7. The molecule has 16 heavy (non-hydrogen) atoms. The van der Waals surface area contributed by atoms with Gasteiger partial charge in [0.15, 0.2) is 0 Å². The second-order valence-corrected chi connectivity index (χ2v) is 6.03. The van der Waals surface area contributed by atoms with Gasteiger partial charge < -0.3 is 10.1 Å². The highest BCUT2D eigenvalue weighted by Gasteiger charge is 2.18. The highest BCUT2D eigenvalue weighted by molar-refractivity contribution is 7.89. The molecule has 0 aromatic heterocycles. The van der Waals surface area contributed by atoms with E-state index in [-0.39, 0.29) is 11.8 Å². The number of ether oxygens (including phenoxy) is 1. The number of sulfonamides is 1. The van der Waals surface area contributed by atoms with E-state index in [9.17, 15) is 8.42 Å². The molecule has 0 saturated carbocycles. The zero-order valence-electron chi connectivity index (χ0n) is 9.87. The molecule has 0 spiro atoms. The molecule has 0 bridgehead atoms. The fourth-order valence-electron chi connectivity index (χ4n) is 1.84. The standard InChI is InChI=1S/C10H22N2O3S/c1-15-8-3-9-16(13,14)12-10-4-2-6-11-7-5-10/h10-12H,2-9H2,1H3. The van der Waals surface area contributed by atoms with Crippen molar-refractivity contribution in [3.8, 4) is 0 Å². The molecule has 2 N–H and O–H groups in total. The lowest BCUT2D eigenvalue weighted by Gasteiger charge is -2.15. The van der Waals surface area contributed by atoms with E-state index < -0.39 is 10.0 Å². The molecule has 5 nitrogen and oxygen atoms in total. The van der Waals surface area contributed by atoms with Crippen LogP contribution in [0.3, 0.4) is 0 Å². The van der Waals surface area contributed by atoms with Gasteiger partial charge in [-0.3, -0.25) is 0 Å². The van der Waals surface area contributed by atoms with Gasteiger partial charge in [-0.25, -0.2) is 13.1 Å². The quantitative estimate of drug-likeness (QED) is 0.655. The lowest BCUT2D eigenvalue weighted by atomic mass is 10.1. The molecule has 0 aromatic carbocycles. The maximum Gasteiger partial charge on any atom is 0.211 e. The Hall–Kier alpha value is -0.170. The zero-order valence-corrected chi connectivity index (χ0v) is 10.7. The molecule has 0 aromatic rings. The van der Waals surface area contributed by atoms with Crippen LogP contribution < -0.4 is 10.0 Å². The van der Waals surface area contributed by atoms with Crippen molar-refractivity contribution >= 4 is 10.0 Å². The lowest BCUT2D eigenvalue weighted by Crippen LogP contribution is -2.37. The summed E-state index contributed by atoms with van der Waals surface area (Å²) in [6, 6.07) is 0.0996. The average Bonchev–Trinajstić information content (AvgIpc) is 2.46. The van der Waals surface area contributed by atoms with Gasteiger partial charge in [0.2, 0.25) is 10.0 Å². The van der Waals surface area contributed by atoms with Crippen LogP contribution in [0.4, 0.5) is 0 Å². The molecule has 1 aliphatic heterocycles. The van der Waals surface area contributed by atoms with Crippen molar-refractivity contribution in [2.45, 2.75) is 31.7 Å². The SMILES string of the molecule is COCCCS(=O)(=O)NC1CCCNCC1. The van der Waals surface area contributed by atoms with Crippen molar-refractivity contribution in [3.63, 3.8) is 0 Å². The van der Waals surface area contributed by atoms with Crippen LogP contribution in [0.15, 0.2) is 0 Å². The minimum absolute atomic E-state index is 0.0996. The van der Waals surface area contributed by atoms with E-state index >= 15 is 0 Å². The van der Waals surface area contributed by atoms with Crippen molar-refractivity contribution < 1.29 is 13.2 Å². The van der Waals surface area contributed by atoms with Crippen LogP contribution >= 0.6 is 0 Å². The first-order valence-electron chi connectivity index (χ1n) is 5.84. The number of hydrogen-bond donors (Lipinski definition) is 2. The fraction of sp³-hybridized carbons (Fsp3) is 1.00. The molecule has 1 atom stereocenters. The lowest BCUT2D eigenvalue weighted by molar-refractivity contribution is 0.199. The molecule has 0 amide bonds. The second kappa shape index (κ2) is 7.21. The first-order chi connectivity index (χ1) is 7.64. The van der Waals surface area contributed by atoms with Crippen LogP contribution in [0.5, 0.6) is 0 Å². The smallest absolute Gasteiger partial charge is 0.211 e. The Morgan fingerprint density at radius 3 is 2.94 bits per heavy atom. The van der Waals surface area contributed by atoms with Gasteiger partial charge in [0, 0.05) is 19.8 Å². The second-order valence-electron chi connectivity index (χ2n) is 4.16. The minimum Gasteiger partial charge on any atom is -0.385 e. The zero-order chi connectivity index (χ0) is 11.9. The molecule has 1 unspecified atom stereocenters. The van der Waals surface area contributed by atoms with E-state index in [4.69, 9.17) is 4.74 Å². The first kappa shape index (κ1) is 13.9. The molecule has 96 valence electrons. The summed E-state index contributed by atoms with van der Waals surface area (Å²) in [4.78, 5) is 0. The summed E-state index contributed by atoms with van der Waals surface area (Å²) >= 11 is 0. The van der Waals surface area contributed by atoms with Crippen LogP contribution in [0.2, 0.25) is 0 Å². The summed E-state index contributed by atoms with van der Waals surface area (Å²) in [7, 11) is -1.55. The summed E-state index contributed by atoms with van der Waals surface area (Å²) in [5, 5.41) is 3.26. The third-order valence-corrected chi connectivity index (χ3v) is 4.20. The van der Waals surface area contributed by atoms with Crippen LogP contribution in [0, 0.1) is 0 Å². The molecule has 1 rings (SSSR count). The van der Waals surface area contributed by atoms with Gasteiger partial charge in [-0.15, -0.1) is 0 Å². The molecule has 0 aliphatic carbocycles. The molecule has 1 saturated heterocycles. The average molecular weight is 250 g/mol. The fourth-order valence-corrected chi connectivity index (χ4v) is 3.20. The number of methoxy groups -OCH3 is 1. The Morgan fingerprint density at radius 1 is 1.38 bits per heavy atom. The maximum absolute atomic E-state index is 11.7. The largest absolute Gasteiger partial charge is 0.385 e. The van der Waals surface area contributed by atoms with Gasteiger partial charge >= 0.3 is 0 Å². The van der Waals surface area contributed by atoms with E-state index in [0.29, 0.717) is 13.0 Å². The van der Waals surface area contributed by atoms with E-state index in [1.54, 1.807) is 7.11 Å². The van der Waals surface area contributed by atoms with E-state index in [2.05, 4.69) is 10.0 Å². The Bertz CT molecular complexity index is 272. The monoisotopic (exact) mass is 250 g/mol. The molecular weight excluding hydrogens is 228 g/mol. The Labute approximate surface area is 98.0 Å². The number of hydrogen-bond acceptors (Lipinski definition) is 4. The summed E-state index contributed by atoms with van der Waals surface area (Å²) < 4.78 is 31.0. The molecule has 0 radical (unpaired) electrons. The first-order valence-corrected chi connectivity index (χ1v) is 7.49. The molecule has 1 fully saturated rings. The van der Waals surface area contributed by atoms with Gasteiger partial charge in [-0.2, -0.15) is 0 Å². The normalized spacial score (nSPS) is 22.9. The topological polar surface area (TPSA) is 67.4 Å². The Morgan fingerprint density at radius 2 is 2.19 bits per heavy atom. The molecule has 1 heterocycles. The highest BCUT2D eigenvalue weighted by atomic mass is 32.2. The predicted octanol–water partition coefficient (Wildman–Crippen LogP) is 0.0844.